The Morgan fingerprint density at radius 1 is 1.00 bits per heavy atom. The van der Waals surface area contributed by atoms with E-state index in [0.717, 1.165) is 4.90 Å². The van der Waals surface area contributed by atoms with E-state index in [1.54, 1.807) is 55.5 Å². The summed E-state index contributed by atoms with van der Waals surface area (Å²) in [6, 6.07) is 15.8. The molecule has 0 radical (unpaired) electrons. The van der Waals surface area contributed by atoms with Gasteiger partial charge in [-0.1, -0.05) is 30.3 Å². The van der Waals surface area contributed by atoms with E-state index in [-0.39, 0.29) is 24.8 Å². The summed E-state index contributed by atoms with van der Waals surface area (Å²) in [6.07, 6.45) is 0. The standard InChI is InChI=1S/C20H20N2O4/c1-21(12-13-23)18-17(14-6-4-3-5-7-14)19(24)22(20(18)25)15-8-10-16(26-2)11-9-15/h3-11,23H,12-13H2,1-2H3. The fraction of sp³-hybridized carbons (Fsp3) is 0.200. The lowest BCUT2D eigenvalue weighted by Crippen LogP contribution is -2.34. The van der Waals surface area contributed by atoms with Crippen molar-refractivity contribution in [2.24, 2.45) is 0 Å². The molecule has 0 saturated carbocycles. The maximum Gasteiger partial charge on any atom is 0.282 e. The summed E-state index contributed by atoms with van der Waals surface area (Å²) in [7, 11) is 3.25. The number of aliphatic hydroxyl groups excluding tert-OH is 1. The number of methoxy groups -OCH3 is 1. The Kier molecular flexibility index (Phi) is 5.04. The first-order valence-corrected chi connectivity index (χ1v) is 8.23. The maximum atomic E-state index is 13.1. The summed E-state index contributed by atoms with van der Waals surface area (Å²) in [5.74, 6) is -0.150. The molecule has 0 aliphatic carbocycles. The molecular weight excluding hydrogens is 332 g/mol. The van der Waals surface area contributed by atoms with Gasteiger partial charge < -0.3 is 14.7 Å². The fourth-order valence-electron chi connectivity index (χ4n) is 2.96. The van der Waals surface area contributed by atoms with Crippen LogP contribution in [0.15, 0.2) is 60.3 Å². The first-order chi connectivity index (χ1) is 12.6. The van der Waals surface area contributed by atoms with Crippen molar-refractivity contribution in [1.29, 1.82) is 0 Å². The molecule has 26 heavy (non-hydrogen) atoms. The van der Waals surface area contributed by atoms with E-state index in [1.165, 1.54) is 0 Å². The zero-order valence-electron chi connectivity index (χ0n) is 14.7. The lowest BCUT2D eigenvalue weighted by molar-refractivity contribution is -0.120. The van der Waals surface area contributed by atoms with Gasteiger partial charge in [-0.25, -0.2) is 4.90 Å². The number of carbonyl (C=O) groups excluding carboxylic acids is 2. The highest BCUT2D eigenvalue weighted by Gasteiger charge is 2.41. The number of ether oxygens (including phenoxy) is 1. The van der Waals surface area contributed by atoms with Crippen LogP contribution in [0.5, 0.6) is 5.75 Å². The second kappa shape index (κ2) is 7.41. The second-order valence-corrected chi connectivity index (χ2v) is 5.88. The van der Waals surface area contributed by atoms with Gasteiger partial charge in [0.2, 0.25) is 0 Å². The van der Waals surface area contributed by atoms with Crippen LogP contribution < -0.4 is 9.64 Å². The Bertz CT molecular complexity index is 844. The Labute approximate surface area is 151 Å². The second-order valence-electron chi connectivity index (χ2n) is 5.88. The van der Waals surface area contributed by atoms with Gasteiger partial charge in [0.25, 0.3) is 11.8 Å². The molecule has 1 N–H and O–H groups in total. The molecule has 0 bridgehead atoms. The van der Waals surface area contributed by atoms with Crippen molar-refractivity contribution in [3.05, 3.63) is 65.9 Å². The van der Waals surface area contributed by atoms with E-state index in [1.807, 2.05) is 18.2 Å². The number of anilines is 1. The molecule has 0 saturated heterocycles. The van der Waals surface area contributed by atoms with Gasteiger partial charge in [0.1, 0.15) is 11.4 Å². The third-order valence-electron chi connectivity index (χ3n) is 4.27. The average molecular weight is 352 g/mol. The van der Waals surface area contributed by atoms with Crippen LogP contribution >= 0.6 is 0 Å². The Morgan fingerprint density at radius 2 is 1.65 bits per heavy atom. The number of hydrogen-bond donors (Lipinski definition) is 1. The van der Waals surface area contributed by atoms with Crippen LogP contribution in [-0.2, 0) is 9.59 Å². The Balaban J connectivity index is 2.07. The quantitative estimate of drug-likeness (QED) is 0.804. The third-order valence-corrected chi connectivity index (χ3v) is 4.27. The molecule has 0 aromatic heterocycles. The molecule has 6 heteroatoms. The van der Waals surface area contributed by atoms with Crippen LogP contribution in [0.4, 0.5) is 5.69 Å². The van der Waals surface area contributed by atoms with Gasteiger partial charge >= 0.3 is 0 Å². The molecule has 2 amide bonds. The maximum absolute atomic E-state index is 13.1. The number of likely N-dealkylation sites (N-methyl/N-ethyl adjacent to an activating group) is 1. The van der Waals surface area contributed by atoms with Crippen LogP contribution in [-0.4, -0.2) is 49.1 Å². The largest absolute Gasteiger partial charge is 0.497 e. The fourth-order valence-corrected chi connectivity index (χ4v) is 2.96. The van der Waals surface area contributed by atoms with Crippen LogP contribution in [0, 0.1) is 0 Å². The third kappa shape index (κ3) is 3.07. The van der Waals surface area contributed by atoms with Crippen molar-refractivity contribution >= 4 is 23.1 Å². The molecule has 2 aromatic rings. The summed E-state index contributed by atoms with van der Waals surface area (Å²) in [5.41, 5.74) is 1.76. The molecule has 0 unspecified atom stereocenters. The van der Waals surface area contributed by atoms with Crippen molar-refractivity contribution in [1.82, 2.24) is 4.90 Å². The summed E-state index contributed by atoms with van der Waals surface area (Å²) in [6.45, 7) is 0.132. The predicted octanol–water partition coefficient (Wildman–Crippen LogP) is 1.90. The van der Waals surface area contributed by atoms with E-state index < -0.39 is 5.91 Å². The van der Waals surface area contributed by atoms with E-state index in [2.05, 4.69) is 0 Å². The molecule has 0 atom stereocenters. The number of hydrogen-bond acceptors (Lipinski definition) is 5. The molecule has 3 rings (SSSR count). The molecular formula is C20H20N2O4. The number of nitrogens with zero attached hydrogens (tertiary/aromatic N) is 2. The summed E-state index contributed by atoms with van der Waals surface area (Å²) in [4.78, 5) is 29.0. The minimum absolute atomic E-state index is 0.119. The molecule has 6 nitrogen and oxygen atoms in total. The molecule has 1 aliphatic heterocycles. The highest BCUT2D eigenvalue weighted by Crippen LogP contribution is 2.34. The average Bonchev–Trinajstić information content (AvgIpc) is 2.93. The molecule has 1 heterocycles. The van der Waals surface area contributed by atoms with E-state index in [0.29, 0.717) is 22.6 Å². The first-order valence-electron chi connectivity index (χ1n) is 8.23. The minimum Gasteiger partial charge on any atom is -0.497 e. The monoisotopic (exact) mass is 352 g/mol. The lowest BCUT2D eigenvalue weighted by Gasteiger charge is -2.20. The number of carbonyl (C=O) groups is 2. The molecule has 0 spiro atoms. The lowest BCUT2D eigenvalue weighted by atomic mass is 10.0. The van der Waals surface area contributed by atoms with Crippen molar-refractivity contribution in [3.63, 3.8) is 0 Å². The molecule has 1 aliphatic rings. The first kappa shape index (κ1) is 17.7. The number of aliphatic hydroxyl groups is 1. The van der Waals surface area contributed by atoms with Gasteiger partial charge in [0, 0.05) is 13.6 Å². The van der Waals surface area contributed by atoms with Gasteiger partial charge in [-0.3, -0.25) is 9.59 Å². The molecule has 2 aromatic carbocycles. The van der Waals surface area contributed by atoms with Crippen LogP contribution in [0.1, 0.15) is 5.56 Å². The molecule has 0 fully saturated rings. The summed E-state index contributed by atoms with van der Waals surface area (Å²) in [5, 5.41) is 9.26. The Hall–Kier alpha value is -3.12. The van der Waals surface area contributed by atoms with E-state index >= 15 is 0 Å². The van der Waals surface area contributed by atoms with Gasteiger partial charge in [-0.05, 0) is 29.8 Å². The summed E-state index contributed by atoms with van der Waals surface area (Å²) < 4.78 is 5.13. The highest BCUT2D eigenvalue weighted by atomic mass is 16.5. The van der Waals surface area contributed by atoms with Crippen molar-refractivity contribution in [3.8, 4) is 5.75 Å². The normalized spacial score (nSPS) is 14.2. The summed E-state index contributed by atoms with van der Waals surface area (Å²) >= 11 is 0. The SMILES string of the molecule is COc1ccc(N2C(=O)C(c3ccccc3)=C(N(C)CCO)C2=O)cc1. The van der Waals surface area contributed by atoms with Crippen LogP contribution in [0.25, 0.3) is 5.57 Å². The smallest absolute Gasteiger partial charge is 0.282 e. The zero-order chi connectivity index (χ0) is 18.7. The number of imide groups is 1. The van der Waals surface area contributed by atoms with Crippen LogP contribution in [0.2, 0.25) is 0 Å². The Morgan fingerprint density at radius 3 is 2.23 bits per heavy atom. The van der Waals surface area contributed by atoms with Gasteiger partial charge in [-0.15, -0.1) is 0 Å². The molecule has 134 valence electrons. The highest BCUT2D eigenvalue weighted by molar-refractivity contribution is 6.45. The van der Waals surface area contributed by atoms with Crippen molar-refractivity contribution in [2.75, 3.05) is 32.2 Å². The number of rotatable bonds is 6. The van der Waals surface area contributed by atoms with Crippen molar-refractivity contribution in [2.45, 2.75) is 0 Å². The number of amides is 2. The zero-order valence-corrected chi connectivity index (χ0v) is 14.7. The van der Waals surface area contributed by atoms with Crippen molar-refractivity contribution < 1.29 is 19.4 Å². The van der Waals surface area contributed by atoms with E-state index in [9.17, 15) is 14.7 Å². The predicted molar refractivity (Wildman–Crippen MR) is 98.6 cm³/mol. The van der Waals surface area contributed by atoms with Crippen LogP contribution in [0.3, 0.4) is 0 Å². The van der Waals surface area contributed by atoms with Gasteiger partial charge in [0.15, 0.2) is 0 Å². The topological polar surface area (TPSA) is 70.1 Å². The van der Waals surface area contributed by atoms with Gasteiger partial charge in [0.05, 0.1) is 25.0 Å². The minimum atomic E-state index is -0.407. The van der Waals surface area contributed by atoms with Gasteiger partial charge in [-0.2, -0.15) is 0 Å². The number of benzene rings is 2. The van der Waals surface area contributed by atoms with E-state index in [4.69, 9.17) is 4.74 Å².